The van der Waals surface area contributed by atoms with Gasteiger partial charge < -0.3 is 10.1 Å². The third-order valence-electron chi connectivity index (χ3n) is 5.83. The molecule has 38 heavy (non-hydrogen) atoms. The van der Waals surface area contributed by atoms with Gasteiger partial charge in [0.1, 0.15) is 11.0 Å². The van der Waals surface area contributed by atoms with Crippen molar-refractivity contribution in [3.8, 4) is 0 Å². The number of ether oxygens (including phenoxy) is 1. The minimum absolute atomic E-state index is 0.309. The third kappa shape index (κ3) is 6.62. The van der Waals surface area contributed by atoms with Gasteiger partial charge in [0.05, 0.1) is 0 Å². The number of fused-ring (bicyclic) bond motifs is 1. The van der Waals surface area contributed by atoms with Gasteiger partial charge in [0.2, 0.25) is 0 Å². The Morgan fingerprint density at radius 3 is 1.97 bits per heavy atom. The monoisotopic (exact) mass is 564 g/mol. The SMILES string of the molecule is CC(NC(=O)C(OC(=O)C(F)(F)F)n1nc2ccccc2n1)C(Cc1ccc(Cl)cc1)c1ccc(Cl)cc1. The Kier molecular flexibility index (Phi) is 8.23. The zero-order valence-electron chi connectivity index (χ0n) is 19.8. The highest BCUT2D eigenvalue weighted by Crippen LogP contribution is 2.28. The quantitative estimate of drug-likeness (QED) is 0.270. The summed E-state index contributed by atoms with van der Waals surface area (Å²) in [5, 5.41) is 11.8. The molecule has 0 radical (unpaired) electrons. The van der Waals surface area contributed by atoms with Crippen molar-refractivity contribution in [3.63, 3.8) is 0 Å². The number of amides is 1. The van der Waals surface area contributed by atoms with E-state index < -0.39 is 30.3 Å². The lowest BCUT2D eigenvalue weighted by atomic mass is 9.86. The van der Waals surface area contributed by atoms with Gasteiger partial charge >= 0.3 is 12.1 Å². The van der Waals surface area contributed by atoms with Crippen LogP contribution in [-0.4, -0.2) is 39.1 Å². The summed E-state index contributed by atoms with van der Waals surface area (Å²) in [4.78, 5) is 25.6. The summed E-state index contributed by atoms with van der Waals surface area (Å²) in [5.74, 6) is -3.89. The molecule has 198 valence electrons. The van der Waals surface area contributed by atoms with Crippen LogP contribution in [0.5, 0.6) is 0 Å². The fourth-order valence-electron chi connectivity index (χ4n) is 3.92. The first-order chi connectivity index (χ1) is 18.0. The lowest BCUT2D eigenvalue weighted by molar-refractivity contribution is -0.210. The highest BCUT2D eigenvalue weighted by molar-refractivity contribution is 6.30. The number of carbonyl (C=O) groups is 2. The molecule has 0 saturated heterocycles. The van der Waals surface area contributed by atoms with Crippen LogP contribution in [0.15, 0.2) is 72.8 Å². The summed E-state index contributed by atoms with van der Waals surface area (Å²) in [6, 6.07) is 19.9. The molecule has 1 N–H and O–H groups in total. The van der Waals surface area contributed by atoms with E-state index in [4.69, 9.17) is 23.2 Å². The Morgan fingerprint density at radius 1 is 0.921 bits per heavy atom. The number of hydrogen-bond acceptors (Lipinski definition) is 5. The number of rotatable bonds is 8. The zero-order chi connectivity index (χ0) is 27.4. The number of nitrogens with zero attached hydrogens (tertiary/aromatic N) is 3. The van der Waals surface area contributed by atoms with Crippen LogP contribution in [0.25, 0.3) is 11.0 Å². The summed E-state index contributed by atoms with van der Waals surface area (Å²) >= 11 is 12.0. The molecular weight excluding hydrogens is 544 g/mol. The van der Waals surface area contributed by atoms with Crippen molar-refractivity contribution < 1.29 is 27.5 Å². The van der Waals surface area contributed by atoms with Crippen molar-refractivity contribution in [2.75, 3.05) is 0 Å². The number of hydrogen-bond donors (Lipinski definition) is 1. The van der Waals surface area contributed by atoms with Crippen LogP contribution in [0, 0.1) is 0 Å². The molecule has 4 rings (SSSR count). The molecule has 0 spiro atoms. The highest BCUT2D eigenvalue weighted by atomic mass is 35.5. The van der Waals surface area contributed by atoms with E-state index in [1.54, 1.807) is 67.6 Å². The van der Waals surface area contributed by atoms with Gasteiger partial charge in [-0.3, -0.25) is 4.79 Å². The van der Waals surface area contributed by atoms with Crippen LogP contribution in [0.1, 0.15) is 30.2 Å². The first-order valence-corrected chi connectivity index (χ1v) is 12.2. The summed E-state index contributed by atoms with van der Waals surface area (Å²) in [5.41, 5.74) is 2.35. The lowest BCUT2D eigenvalue weighted by Crippen LogP contribution is -2.44. The van der Waals surface area contributed by atoms with Gasteiger partial charge in [-0.15, -0.1) is 15.0 Å². The predicted octanol–water partition coefficient (Wildman–Crippen LogP) is 5.87. The van der Waals surface area contributed by atoms with Gasteiger partial charge in [-0.05, 0) is 60.9 Å². The van der Waals surface area contributed by atoms with Crippen LogP contribution < -0.4 is 5.32 Å². The number of aromatic nitrogens is 3. The predicted molar refractivity (Wildman–Crippen MR) is 136 cm³/mol. The van der Waals surface area contributed by atoms with Gasteiger partial charge in [0.15, 0.2) is 0 Å². The van der Waals surface area contributed by atoms with E-state index in [9.17, 15) is 22.8 Å². The van der Waals surface area contributed by atoms with Gasteiger partial charge in [-0.1, -0.05) is 59.6 Å². The molecule has 1 aromatic heterocycles. The first kappa shape index (κ1) is 27.4. The molecule has 0 bridgehead atoms. The molecule has 3 atom stereocenters. The van der Waals surface area contributed by atoms with Crippen LogP contribution in [0.2, 0.25) is 10.0 Å². The number of carbonyl (C=O) groups excluding carboxylic acids is 2. The van der Waals surface area contributed by atoms with Gasteiger partial charge in [-0.2, -0.15) is 13.2 Å². The maximum atomic E-state index is 13.3. The molecule has 3 unspecified atom stereocenters. The molecule has 0 fully saturated rings. The number of esters is 1. The fraction of sp³-hybridized carbons (Fsp3) is 0.231. The summed E-state index contributed by atoms with van der Waals surface area (Å²) in [6.45, 7) is 1.70. The normalized spacial score (nSPS) is 14.1. The topological polar surface area (TPSA) is 86.1 Å². The second-order valence-corrected chi connectivity index (χ2v) is 9.42. The van der Waals surface area contributed by atoms with Gasteiger partial charge in [0, 0.05) is 22.0 Å². The molecule has 12 heteroatoms. The Hall–Kier alpha value is -3.63. The lowest BCUT2D eigenvalue weighted by Gasteiger charge is -2.27. The Balaban J connectivity index is 1.63. The number of alkyl halides is 3. The van der Waals surface area contributed by atoms with Crippen molar-refractivity contribution in [1.29, 1.82) is 0 Å². The van der Waals surface area contributed by atoms with Crippen molar-refractivity contribution >= 4 is 46.1 Å². The molecule has 1 amide bonds. The molecule has 3 aromatic carbocycles. The average molecular weight is 565 g/mol. The van der Waals surface area contributed by atoms with Crippen LogP contribution in [0.4, 0.5) is 13.2 Å². The Labute approximate surface area is 225 Å². The smallest absolute Gasteiger partial charge is 0.422 e. The highest BCUT2D eigenvalue weighted by Gasteiger charge is 2.44. The van der Waals surface area contributed by atoms with E-state index in [-0.39, 0.29) is 5.92 Å². The zero-order valence-corrected chi connectivity index (χ0v) is 21.3. The second kappa shape index (κ2) is 11.4. The van der Waals surface area contributed by atoms with Crippen molar-refractivity contribution in [1.82, 2.24) is 20.3 Å². The molecule has 1 heterocycles. The van der Waals surface area contributed by atoms with E-state index in [1.807, 2.05) is 12.1 Å². The largest absolute Gasteiger partial charge is 0.491 e. The van der Waals surface area contributed by atoms with Gasteiger partial charge in [0.25, 0.3) is 12.1 Å². The molecule has 4 aromatic rings. The first-order valence-electron chi connectivity index (χ1n) is 11.4. The van der Waals surface area contributed by atoms with Crippen LogP contribution in [0.3, 0.4) is 0 Å². The average Bonchev–Trinajstić information content (AvgIpc) is 3.30. The second-order valence-electron chi connectivity index (χ2n) is 8.55. The summed E-state index contributed by atoms with van der Waals surface area (Å²) < 4.78 is 43.7. The summed E-state index contributed by atoms with van der Waals surface area (Å²) in [7, 11) is 0. The third-order valence-corrected chi connectivity index (χ3v) is 6.33. The van der Waals surface area contributed by atoms with E-state index in [1.165, 1.54) is 0 Å². The van der Waals surface area contributed by atoms with E-state index >= 15 is 0 Å². The molecule has 0 aliphatic rings. The van der Waals surface area contributed by atoms with Crippen molar-refractivity contribution in [2.24, 2.45) is 0 Å². The van der Waals surface area contributed by atoms with E-state index in [2.05, 4.69) is 20.3 Å². The molecule has 0 saturated carbocycles. The number of nitrogens with one attached hydrogen (secondary N) is 1. The molecule has 0 aliphatic heterocycles. The van der Waals surface area contributed by atoms with Crippen molar-refractivity contribution in [3.05, 3.63) is 94.0 Å². The minimum atomic E-state index is -5.32. The molecule has 7 nitrogen and oxygen atoms in total. The van der Waals surface area contributed by atoms with E-state index in [0.717, 1.165) is 11.1 Å². The van der Waals surface area contributed by atoms with Crippen LogP contribution >= 0.6 is 23.2 Å². The Morgan fingerprint density at radius 2 is 1.45 bits per heavy atom. The number of halogens is 5. The minimum Gasteiger partial charge on any atom is -0.422 e. The van der Waals surface area contributed by atoms with Gasteiger partial charge in [-0.25, -0.2) is 4.79 Å². The maximum absolute atomic E-state index is 13.3. The maximum Gasteiger partial charge on any atom is 0.491 e. The standard InChI is InChI=1S/C26H21Cl2F3N4O3/c1-15(20(17-8-12-19(28)13-9-17)14-16-6-10-18(27)11-7-16)32-23(36)24(38-25(37)26(29,30)31)35-33-21-4-2-3-5-22(21)34-35/h2-13,15,20,24H,14H2,1H3,(H,32,36). The molecular formula is C26H21Cl2F3N4O3. The molecule has 0 aliphatic carbocycles. The van der Waals surface area contributed by atoms with Crippen LogP contribution in [-0.2, 0) is 20.7 Å². The summed E-state index contributed by atoms with van der Waals surface area (Å²) in [6.07, 6.45) is -6.96. The number of benzene rings is 3. The van der Waals surface area contributed by atoms with Crippen molar-refractivity contribution in [2.45, 2.75) is 37.7 Å². The fourth-order valence-corrected chi connectivity index (χ4v) is 4.17. The van der Waals surface area contributed by atoms with E-state index in [0.29, 0.717) is 32.3 Å². The Bertz CT molecular complexity index is 1390.